The average molecular weight is 307 g/mol. The van der Waals surface area contributed by atoms with Crippen molar-refractivity contribution < 1.29 is 4.52 Å². The highest BCUT2D eigenvalue weighted by atomic mass is 35.5. The van der Waals surface area contributed by atoms with Crippen LogP contribution in [0.2, 0.25) is 10.0 Å². The van der Waals surface area contributed by atoms with Crippen molar-refractivity contribution in [3.63, 3.8) is 0 Å². The van der Waals surface area contributed by atoms with Crippen molar-refractivity contribution >= 4 is 28.9 Å². The van der Waals surface area contributed by atoms with E-state index in [0.29, 0.717) is 38.7 Å². The zero-order valence-corrected chi connectivity index (χ0v) is 11.6. The molecule has 7 heteroatoms. The molecule has 2 N–H and O–H groups in total. The van der Waals surface area contributed by atoms with Crippen molar-refractivity contribution in [1.82, 2.24) is 15.1 Å². The molecule has 0 saturated carbocycles. The molecule has 2 heterocycles. The van der Waals surface area contributed by atoms with Crippen LogP contribution in [0.5, 0.6) is 0 Å². The molecular weight excluding hydrogens is 299 g/mol. The Kier molecular flexibility index (Phi) is 3.30. The van der Waals surface area contributed by atoms with Gasteiger partial charge in [0.1, 0.15) is 5.69 Å². The Balaban J connectivity index is 1.97. The van der Waals surface area contributed by atoms with Gasteiger partial charge in [-0.1, -0.05) is 28.4 Å². The number of nitrogen functional groups attached to an aromatic ring is 1. The van der Waals surface area contributed by atoms with E-state index in [-0.39, 0.29) is 0 Å². The van der Waals surface area contributed by atoms with E-state index in [9.17, 15) is 0 Å². The number of hydrogen-bond acceptors (Lipinski definition) is 5. The fourth-order valence-electron chi connectivity index (χ4n) is 1.63. The summed E-state index contributed by atoms with van der Waals surface area (Å²) >= 11 is 11.6. The molecule has 0 saturated heterocycles. The predicted molar refractivity (Wildman–Crippen MR) is 77.4 cm³/mol. The van der Waals surface area contributed by atoms with E-state index in [2.05, 4.69) is 15.1 Å². The first-order valence-corrected chi connectivity index (χ1v) is 6.40. The van der Waals surface area contributed by atoms with E-state index in [4.69, 9.17) is 33.5 Å². The molecule has 3 aromatic rings. The number of aromatic nitrogens is 3. The quantitative estimate of drug-likeness (QED) is 0.731. The lowest BCUT2D eigenvalue weighted by molar-refractivity contribution is 0.432. The van der Waals surface area contributed by atoms with Crippen LogP contribution in [0.3, 0.4) is 0 Å². The molecule has 0 aliphatic heterocycles. The van der Waals surface area contributed by atoms with Gasteiger partial charge in [-0.15, -0.1) is 0 Å². The second kappa shape index (κ2) is 5.11. The number of anilines is 1. The van der Waals surface area contributed by atoms with Crippen molar-refractivity contribution in [3.05, 3.63) is 46.6 Å². The molecule has 0 unspecified atom stereocenters. The Morgan fingerprint density at radius 2 is 1.95 bits per heavy atom. The molecule has 3 rings (SSSR count). The largest absolute Gasteiger partial charge is 0.398 e. The number of pyridine rings is 1. The third kappa shape index (κ3) is 2.45. The lowest BCUT2D eigenvalue weighted by atomic mass is 10.2. The molecule has 0 amide bonds. The van der Waals surface area contributed by atoms with Crippen LogP contribution < -0.4 is 5.73 Å². The Bertz CT molecular complexity index is 755. The van der Waals surface area contributed by atoms with Gasteiger partial charge in [0, 0.05) is 11.8 Å². The average Bonchev–Trinajstić information content (AvgIpc) is 2.92. The number of hydrogen-bond donors (Lipinski definition) is 1. The minimum Gasteiger partial charge on any atom is -0.398 e. The Morgan fingerprint density at radius 1 is 1.10 bits per heavy atom. The van der Waals surface area contributed by atoms with Gasteiger partial charge in [0.25, 0.3) is 5.89 Å². The molecule has 0 bridgehead atoms. The Hall–Kier alpha value is -2.11. The van der Waals surface area contributed by atoms with Gasteiger partial charge in [0.15, 0.2) is 0 Å². The Morgan fingerprint density at radius 3 is 2.65 bits per heavy atom. The predicted octanol–water partition coefficient (Wildman–Crippen LogP) is 3.69. The maximum Gasteiger partial charge on any atom is 0.258 e. The van der Waals surface area contributed by atoms with E-state index >= 15 is 0 Å². The van der Waals surface area contributed by atoms with Crippen LogP contribution in [0.25, 0.3) is 23.0 Å². The van der Waals surface area contributed by atoms with Crippen LogP contribution in [0, 0.1) is 0 Å². The first-order valence-electron chi connectivity index (χ1n) is 5.64. The van der Waals surface area contributed by atoms with E-state index in [0.717, 1.165) is 0 Å². The van der Waals surface area contributed by atoms with Gasteiger partial charge >= 0.3 is 0 Å². The molecule has 0 spiro atoms. The van der Waals surface area contributed by atoms with Crippen molar-refractivity contribution in [3.8, 4) is 23.0 Å². The maximum absolute atomic E-state index is 5.87. The number of benzene rings is 1. The lowest BCUT2D eigenvalue weighted by Crippen LogP contribution is -1.88. The molecule has 0 aliphatic rings. The summed E-state index contributed by atoms with van der Waals surface area (Å²) < 4.78 is 5.20. The first-order chi connectivity index (χ1) is 9.63. The molecule has 0 fully saturated rings. The molecule has 100 valence electrons. The number of halogens is 2. The van der Waals surface area contributed by atoms with Gasteiger partial charge in [-0.25, -0.2) is 0 Å². The van der Waals surface area contributed by atoms with Crippen molar-refractivity contribution in [2.45, 2.75) is 0 Å². The summed E-state index contributed by atoms with van der Waals surface area (Å²) in [6, 6.07) is 8.53. The summed E-state index contributed by atoms with van der Waals surface area (Å²) in [5.41, 5.74) is 7.47. The van der Waals surface area contributed by atoms with Gasteiger partial charge in [0.05, 0.1) is 15.7 Å². The van der Waals surface area contributed by atoms with E-state index in [1.807, 2.05) is 0 Å². The van der Waals surface area contributed by atoms with Crippen molar-refractivity contribution in [2.75, 3.05) is 5.73 Å². The van der Waals surface area contributed by atoms with E-state index in [1.54, 1.807) is 30.3 Å². The van der Waals surface area contributed by atoms with Crippen LogP contribution in [0.1, 0.15) is 0 Å². The smallest absolute Gasteiger partial charge is 0.258 e. The van der Waals surface area contributed by atoms with Gasteiger partial charge in [-0.3, -0.25) is 4.98 Å². The molecule has 1 aromatic carbocycles. The van der Waals surface area contributed by atoms with Crippen molar-refractivity contribution in [1.29, 1.82) is 0 Å². The summed E-state index contributed by atoms with van der Waals surface area (Å²) in [4.78, 5) is 8.39. The zero-order valence-electron chi connectivity index (χ0n) is 10.0. The van der Waals surface area contributed by atoms with Crippen LogP contribution in [0.15, 0.2) is 41.1 Å². The first kappa shape index (κ1) is 12.9. The third-order valence-corrected chi connectivity index (χ3v) is 3.19. The van der Waals surface area contributed by atoms with Crippen LogP contribution in [0.4, 0.5) is 5.69 Å². The highest BCUT2D eigenvalue weighted by Crippen LogP contribution is 2.27. The SMILES string of the molecule is Nc1cc(-c2nc(-c3ccc(Cl)cn3)no2)ccc1Cl. The second-order valence-corrected chi connectivity index (χ2v) is 4.86. The van der Waals surface area contributed by atoms with Gasteiger partial charge in [-0.05, 0) is 30.3 Å². The summed E-state index contributed by atoms with van der Waals surface area (Å²) in [5.74, 6) is 0.727. The molecule has 0 atom stereocenters. The fraction of sp³-hybridized carbons (Fsp3) is 0. The topological polar surface area (TPSA) is 77.8 Å². The highest BCUT2D eigenvalue weighted by Gasteiger charge is 2.12. The molecule has 2 aromatic heterocycles. The molecular formula is C13H8Cl2N4O. The summed E-state index contributed by atoms with van der Waals surface area (Å²) in [6.45, 7) is 0. The van der Waals surface area contributed by atoms with Crippen molar-refractivity contribution in [2.24, 2.45) is 0 Å². The van der Waals surface area contributed by atoms with Gasteiger partial charge < -0.3 is 10.3 Å². The maximum atomic E-state index is 5.87. The lowest BCUT2D eigenvalue weighted by Gasteiger charge is -1.98. The highest BCUT2D eigenvalue weighted by molar-refractivity contribution is 6.33. The molecule has 5 nitrogen and oxygen atoms in total. The number of rotatable bonds is 2. The van der Waals surface area contributed by atoms with E-state index in [1.165, 1.54) is 6.20 Å². The molecule has 20 heavy (non-hydrogen) atoms. The Labute approximate surface area is 124 Å². The summed E-state index contributed by atoms with van der Waals surface area (Å²) in [6.07, 6.45) is 1.52. The van der Waals surface area contributed by atoms with Crippen LogP contribution in [-0.2, 0) is 0 Å². The fourth-order valence-corrected chi connectivity index (χ4v) is 1.86. The van der Waals surface area contributed by atoms with Crippen LogP contribution >= 0.6 is 23.2 Å². The van der Waals surface area contributed by atoms with E-state index < -0.39 is 0 Å². The molecule has 0 radical (unpaired) electrons. The standard InChI is InChI=1S/C13H8Cl2N4O/c14-8-2-4-11(17-6-8)12-18-13(20-19-12)7-1-3-9(15)10(16)5-7/h1-6H,16H2. The minimum absolute atomic E-state index is 0.347. The number of nitrogens with zero attached hydrogens (tertiary/aromatic N) is 3. The zero-order chi connectivity index (χ0) is 14.1. The number of nitrogens with two attached hydrogens (primary N) is 1. The summed E-state index contributed by atoms with van der Waals surface area (Å²) in [7, 11) is 0. The summed E-state index contributed by atoms with van der Waals surface area (Å²) in [5, 5.41) is 4.90. The third-order valence-electron chi connectivity index (χ3n) is 2.63. The second-order valence-electron chi connectivity index (χ2n) is 4.02. The molecule has 0 aliphatic carbocycles. The van der Waals surface area contributed by atoms with Gasteiger partial charge in [-0.2, -0.15) is 4.98 Å². The minimum atomic E-state index is 0.347. The normalized spacial score (nSPS) is 10.7. The monoisotopic (exact) mass is 306 g/mol. The van der Waals surface area contributed by atoms with Gasteiger partial charge in [0.2, 0.25) is 5.82 Å². The van der Waals surface area contributed by atoms with Crippen LogP contribution in [-0.4, -0.2) is 15.1 Å².